The number of methoxy groups -OCH3 is 1. The Bertz CT molecular complexity index is 738. The van der Waals surface area contributed by atoms with Gasteiger partial charge in [-0.1, -0.05) is 18.2 Å². The van der Waals surface area contributed by atoms with E-state index in [4.69, 9.17) is 9.15 Å². The summed E-state index contributed by atoms with van der Waals surface area (Å²) < 4.78 is 10.9. The number of aryl methyl sites for hydroxylation is 2. The second-order valence-corrected chi connectivity index (χ2v) is 4.81. The van der Waals surface area contributed by atoms with Crippen molar-refractivity contribution in [3.63, 3.8) is 0 Å². The molecule has 2 nitrogen and oxygen atoms in total. The van der Waals surface area contributed by atoms with Crippen LogP contribution in [0.1, 0.15) is 11.1 Å². The van der Waals surface area contributed by atoms with E-state index >= 15 is 0 Å². The Morgan fingerprint density at radius 3 is 2.53 bits per heavy atom. The molecule has 0 fully saturated rings. The van der Waals surface area contributed by atoms with Crippen LogP contribution in [0, 0.1) is 13.8 Å². The fourth-order valence-electron chi connectivity index (χ4n) is 2.27. The molecule has 0 bridgehead atoms. The molecule has 2 aromatic carbocycles. The summed E-state index contributed by atoms with van der Waals surface area (Å²) in [7, 11) is 1.68. The summed E-state index contributed by atoms with van der Waals surface area (Å²) in [5.41, 5.74) is 5.75. The minimum absolute atomic E-state index is 0.846. The van der Waals surface area contributed by atoms with Crippen LogP contribution >= 0.6 is 0 Å². The quantitative estimate of drug-likeness (QED) is 0.658. The van der Waals surface area contributed by atoms with Crippen LogP contribution < -0.4 is 4.74 Å². The van der Waals surface area contributed by atoms with Gasteiger partial charge in [0.1, 0.15) is 11.3 Å². The van der Waals surface area contributed by atoms with Crippen molar-refractivity contribution in [2.75, 3.05) is 7.11 Å². The highest BCUT2D eigenvalue weighted by atomic mass is 16.5. The lowest BCUT2D eigenvalue weighted by atomic mass is 10.00. The topological polar surface area (TPSA) is 22.4 Å². The first-order valence-electron chi connectivity index (χ1n) is 6.32. The van der Waals surface area contributed by atoms with Crippen molar-refractivity contribution in [3.8, 4) is 16.9 Å². The zero-order chi connectivity index (χ0) is 13.4. The van der Waals surface area contributed by atoms with Gasteiger partial charge in [-0.15, -0.1) is 0 Å². The van der Waals surface area contributed by atoms with E-state index in [-0.39, 0.29) is 0 Å². The lowest BCUT2D eigenvalue weighted by Gasteiger charge is -2.04. The molecule has 0 aliphatic heterocycles. The van der Waals surface area contributed by atoms with Gasteiger partial charge < -0.3 is 9.15 Å². The predicted molar refractivity (Wildman–Crippen MR) is 77.7 cm³/mol. The van der Waals surface area contributed by atoms with Gasteiger partial charge in [0.2, 0.25) is 0 Å². The Morgan fingerprint density at radius 2 is 1.79 bits per heavy atom. The Balaban J connectivity index is 2.21. The van der Waals surface area contributed by atoms with Crippen LogP contribution in [0.5, 0.6) is 5.75 Å². The molecule has 2 heteroatoms. The molecule has 0 amide bonds. The van der Waals surface area contributed by atoms with Crippen LogP contribution in [0.25, 0.3) is 22.1 Å². The van der Waals surface area contributed by atoms with E-state index in [9.17, 15) is 0 Å². The first-order valence-corrected chi connectivity index (χ1v) is 6.32. The van der Waals surface area contributed by atoms with Crippen LogP contribution in [-0.4, -0.2) is 7.11 Å². The molecule has 0 saturated carbocycles. The third kappa shape index (κ3) is 1.99. The van der Waals surface area contributed by atoms with Crippen LogP contribution in [-0.2, 0) is 0 Å². The van der Waals surface area contributed by atoms with Crippen molar-refractivity contribution in [1.82, 2.24) is 0 Å². The molecule has 0 atom stereocenters. The highest BCUT2D eigenvalue weighted by Gasteiger charge is 2.09. The normalized spacial score (nSPS) is 10.9. The number of benzene rings is 2. The van der Waals surface area contributed by atoms with Gasteiger partial charge in [0.25, 0.3) is 0 Å². The zero-order valence-electron chi connectivity index (χ0n) is 11.4. The van der Waals surface area contributed by atoms with Gasteiger partial charge in [-0.2, -0.15) is 0 Å². The van der Waals surface area contributed by atoms with Gasteiger partial charge in [-0.3, -0.25) is 0 Å². The largest absolute Gasteiger partial charge is 0.497 e. The number of furan rings is 1. The predicted octanol–water partition coefficient (Wildman–Crippen LogP) is 4.73. The van der Waals surface area contributed by atoms with Crippen molar-refractivity contribution < 1.29 is 9.15 Å². The summed E-state index contributed by atoms with van der Waals surface area (Å²) in [6.07, 6.45) is 1.81. The first kappa shape index (κ1) is 11.8. The van der Waals surface area contributed by atoms with Gasteiger partial charge in [0.05, 0.1) is 13.4 Å². The minimum atomic E-state index is 0.846. The summed E-state index contributed by atoms with van der Waals surface area (Å²) in [5, 5.41) is 1.09. The van der Waals surface area contributed by atoms with E-state index in [1.54, 1.807) is 7.11 Å². The van der Waals surface area contributed by atoms with Crippen LogP contribution in [0.3, 0.4) is 0 Å². The SMILES string of the molecule is COc1ccc2occ(-c3ccc(C)c(C)c3)c2c1. The van der Waals surface area contributed by atoms with Gasteiger partial charge >= 0.3 is 0 Å². The molecule has 0 unspecified atom stereocenters. The number of hydrogen-bond donors (Lipinski definition) is 0. The average Bonchev–Trinajstić information content (AvgIpc) is 2.84. The maximum atomic E-state index is 5.62. The Kier molecular flexibility index (Phi) is 2.79. The van der Waals surface area contributed by atoms with Crippen LogP contribution in [0.15, 0.2) is 47.1 Å². The monoisotopic (exact) mass is 252 g/mol. The van der Waals surface area contributed by atoms with Crippen molar-refractivity contribution in [2.45, 2.75) is 13.8 Å². The van der Waals surface area contributed by atoms with Crippen molar-refractivity contribution in [1.29, 1.82) is 0 Å². The second kappa shape index (κ2) is 4.47. The van der Waals surface area contributed by atoms with E-state index in [0.29, 0.717) is 0 Å². The molecule has 0 aliphatic carbocycles. The fraction of sp³-hybridized carbons (Fsp3) is 0.176. The summed E-state index contributed by atoms with van der Waals surface area (Å²) in [6, 6.07) is 12.3. The molecular formula is C17H16O2. The molecule has 1 aromatic heterocycles. The standard InChI is InChI=1S/C17H16O2/c1-11-4-5-13(8-12(11)2)16-10-19-17-7-6-14(18-3)9-15(16)17/h4-10H,1-3H3. The molecule has 19 heavy (non-hydrogen) atoms. The summed E-state index contributed by atoms with van der Waals surface area (Å²) >= 11 is 0. The fourth-order valence-corrected chi connectivity index (χ4v) is 2.27. The van der Waals surface area contributed by atoms with E-state index in [1.807, 2.05) is 24.5 Å². The molecule has 0 aliphatic rings. The molecule has 1 heterocycles. The molecule has 0 N–H and O–H groups in total. The molecule has 0 saturated heterocycles. The molecule has 3 rings (SSSR count). The number of ether oxygens (including phenoxy) is 1. The molecule has 96 valence electrons. The minimum Gasteiger partial charge on any atom is -0.497 e. The number of rotatable bonds is 2. The first-order chi connectivity index (χ1) is 9.19. The maximum absolute atomic E-state index is 5.62. The Hall–Kier alpha value is -2.22. The molecule has 0 spiro atoms. The Morgan fingerprint density at radius 1 is 0.947 bits per heavy atom. The summed E-state index contributed by atoms with van der Waals surface area (Å²) in [5.74, 6) is 0.846. The van der Waals surface area contributed by atoms with E-state index < -0.39 is 0 Å². The van der Waals surface area contributed by atoms with E-state index in [2.05, 4.69) is 32.0 Å². The van der Waals surface area contributed by atoms with Gasteiger partial charge in [0.15, 0.2) is 0 Å². The van der Waals surface area contributed by atoms with Gasteiger partial charge in [-0.05, 0) is 48.7 Å². The van der Waals surface area contributed by atoms with Crippen molar-refractivity contribution in [2.24, 2.45) is 0 Å². The maximum Gasteiger partial charge on any atom is 0.134 e. The number of hydrogen-bond acceptors (Lipinski definition) is 2. The molecule has 0 radical (unpaired) electrons. The lowest BCUT2D eigenvalue weighted by Crippen LogP contribution is -1.84. The van der Waals surface area contributed by atoms with Crippen LogP contribution in [0.2, 0.25) is 0 Å². The zero-order valence-corrected chi connectivity index (χ0v) is 11.4. The molecular weight excluding hydrogens is 236 g/mol. The van der Waals surface area contributed by atoms with Crippen molar-refractivity contribution in [3.05, 3.63) is 53.8 Å². The second-order valence-electron chi connectivity index (χ2n) is 4.81. The Labute approximate surface area is 112 Å². The lowest BCUT2D eigenvalue weighted by molar-refractivity contribution is 0.415. The highest BCUT2D eigenvalue weighted by molar-refractivity contribution is 5.94. The third-order valence-corrected chi connectivity index (χ3v) is 3.60. The smallest absolute Gasteiger partial charge is 0.134 e. The van der Waals surface area contributed by atoms with Crippen LogP contribution in [0.4, 0.5) is 0 Å². The number of fused-ring (bicyclic) bond motifs is 1. The van der Waals surface area contributed by atoms with E-state index in [0.717, 1.165) is 22.3 Å². The van der Waals surface area contributed by atoms with Crippen molar-refractivity contribution >= 4 is 11.0 Å². The van der Waals surface area contributed by atoms with Gasteiger partial charge in [0, 0.05) is 10.9 Å². The van der Waals surface area contributed by atoms with Gasteiger partial charge in [-0.25, -0.2) is 0 Å². The molecule has 3 aromatic rings. The average molecular weight is 252 g/mol. The summed E-state index contributed by atoms with van der Waals surface area (Å²) in [4.78, 5) is 0. The third-order valence-electron chi connectivity index (χ3n) is 3.60. The summed E-state index contributed by atoms with van der Waals surface area (Å²) in [6.45, 7) is 4.25. The van der Waals surface area contributed by atoms with E-state index in [1.165, 1.54) is 16.7 Å². The highest BCUT2D eigenvalue weighted by Crippen LogP contribution is 2.33.